The fraction of sp³-hybridized carbons (Fsp3) is 0.640. The van der Waals surface area contributed by atoms with Gasteiger partial charge < -0.3 is 30.8 Å². The monoisotopic (exact) mass is 596 g/mol. The van der Waals surface area contributed by atoms with Crippen LogP contribution in [0.1, 0.15) is 66.0 Å². The van der Waals surface area contributed by atoms with Crippen LogP contribution in [0.3, 0.4) is 0 Å². The van der Waals surface area contributed by atoms with Crippen LogP contribution < -0.4 is 21.6 Å². The molecule has 228 valence electrons. The number of anilines is 2. The Morgan fingerprint density at radius 2 is 1.73 bits per heavy atom. The molecule has 16 heteroatoms. The standard InChI is InChI=1S/C25H41N8O7P/c1-5-7-10-38-23(35)15(3)31-41(37,32-16(4)24(36)39-11-8-6-2)12-9-17-13-18(34)22(40-17)33-14-28-19-20(26)29-25(27)30-21(19)33/h9,12,14-18,22,34H,5-8,10-11,13H2,1-4H3,(H2,31,32,37)(H4,26,27,29,30)/b12-9+/t15-,16-,17+,18+,22+/m0/s1. The van der Waals surface area contributed by atoms with Crippen LogP contribution >= 0.6 is 7.44 Å². The van der Waals surface area contributed by atoms with E-state index in [4.69, 9.17) is 25.7 Å². The molecule has 7 N–H and O–H groups in total. The summed E-state index contributed by atoms with van der Waals surface area (Å²) in [5, 5.41) is 16.3. The van der Waals surface area contributed by atoms with Gasteiger partial charge in [0.25, 0.3) is 0 Å². The molecule has 41 heavy (non-hydrogen) atoms. The van der Waals surface area contributed by atoms with E-state index >= 15 is 0 Å². The van der Waals surface area contributed by atoms with Crippen LogP contribution in [0.5, 0.6) is 0 Å². The number of hydrogen-bond acceptors (Lipinski definition) is 12. The molecule has 1 aliphatic heterocycles. The lowest BCUT2D eigenvalue weighted by Crippen LogP contribution is -2.41. The molecular formula is C25H41N8O7P. The summed E-state index contributed by atoms with van der Waals surface area (Å²) in [5.74, 6) is 0.212. The van der Waals surface area contributed by atoms with Crippen LogP contribution in [0.25, 0.3) is 11.2 Å². The molecule has 1 saturated heterocycles. The summed E-state index contributed by atoms with van der Waals surface area (Å²) in [5.41, 5.74) is 12.2. The third kappa shape index (κ3) is 8.69. The number of rotatable bonds is 15. The van der Waals surface area contributed by atoms with Crippen molar-refractivity contribution in [3.63, 3.8) is 0 Å². The number of nitrogens with zero attached hydrogens (tertiary/aromatic N) is 4. The molecule has 0 radical (unpaired) electrons. The second kappa shape index (κ2) is 14.7. The lowest BCUT2D eigenvalue weighted by atomic mass is 10.2. The SMILES string of the molecule is CCCCOC(=O)[C@H](C)NP(=O)(/C=C/[C@@H]1C[C@@H](O)[C@H](n2cnc3c(N)nc(N)nc32)O1)N[C@@H](C)C(=O)OCCCC. The van der Waals surface area contributed by atoms with Crippen LogP contribution in [-0.2, 0) is 28.4 Å². The number of aromatic nitrogens is 4. The zero-order valence-corrected chi connectivity index (χ0v) is 24.8. The highest BCUT2D eigenvalue weighted by molar-refractivity contribution is 7.63. The highest BCUT2D eigenvalue weighted by Crippen LogP contribution is 2.41. The lowest BCUT2D eigenvalue weighted by molar-refractivity contribution is -0.145. The molecule has 15 nitrogen and oxygen atoms in total. The Labute approximate surface area is 238 Å². The van der Waals surface area contributed by atoms with Crippen LogP contribution in [-0.4, -0.2) is 74.1 Å². The van der Waals surface area contributed by atoms with Gasteiger partial charge in [0.05, 0.1) is 25.6 Å². The van der Waals surface area contributed by atoms with Crippen molar-refractivity contribution in [3.05, 3.63) is 18.2 Å². The first-order valence-corrected chi connectivity index (χ1v) is 15.5. The maximum atomic E-state index is 14.0. The predicted octanol–water partition coefficient (Wildman–Crippen LogP) is 1.99. The molecular weight excluding hydrogens is 555 g/mol. The van der Waals surface area contributed by atoms with Gasteiger partial charge in [-0.1, -0.05) is 26.7 Å². The first-order valence-electron chi connectivity index (χ1n) is 13.7. The molecule has 3 heterocycles. The Morgan fingerprint density at radius 1 is 1.15 bits per heavy atom. The lowest BCUT2D eigenvalue weighted by Gasteiger charge is -2.24. The van der Waals surface area contributed by atoms with Crippen molar-refractivity contribution in [2.75, 3.05) is 24.7 Å². The van der Waals surface area contributed by atoms with E-state index in [1.54, 1.807) is 0 Å². The third-order valence-corrected chi connectivity index (χ3v) is 8.46. The molecule has 0 amide bonds. The Morgan fingerprint density at radius 3 is 2.29 bits per heavy atom. The van der Waals surface area contributed by atoms with Gasteiger partial charge in [-0.2, -0.15) is 9.97 Å². The van der Waals surface area contributed by atoms with Crippen molar-refractivity contribution in [1.82, 2.24) is 29.7 Å². The van der Waals surface area contributed by atoms with Crippen molar-refractivity contribution >= 4 is 42.3 Å². The van der Waals surface area contributed by atoms with Crippen LogP contribution in [0.4, 0.5) is 11.8 Å². The molecule has 0 bridgehead atoms. The molecule has 0 aromatic carbocycles. The fourth-order valence-electron chi connectivity index (χ4n) is 4.10. The molecule has 1 fully saturated rings. The second-order valence-electron chi connectivity index (χ2n) is 9.90. The van der Waals surface area contributed by atoms with Crippen molar-refractivity contribution in [3.8, 4) is 0 Å². The molecule has 0 saturated carbocycles. The number of esters is 2. The fourth-order valence-corrected chi connectivity index (χ4v) is 6.14. The molecule has 5 atom stereocenters. The smallest absolute Gasteiger partial charge is 0.323 e. The van der Waals surface area contributed by atoms with E-state index in [1.807, 2.05) is 13.8 Å². The summed E-state index contributed by atoms with van der Waals surface area (Å²) in [6.45, 7) is 7.48. The van der Waals surface area contributed by atoms with Gasteiger partial charge >= 0.3 is 11.9 Å². The molecule has 0 aliphatic carbocycles. The minimum atomic E-state index is -3.74. The van der Waals surface area contributed by atoms with Gasteiger partial charge in [0.2, 0.25) is 13.4 Å². The summed E-state index contributed by atoms with van der Waals surface area (Å²) in [6.07, 6.45) is 3.65. The van der Waals surface area contributed by atoms with Crippen molar-refractivity contribution in [1.29, 1.82) is 0 Å². The van der Waals surface area contributed by atoms with E-state index in [0.717, 1.165) is 12.8 Å². The maximum absolute atomic E-state index is 14.0. The zero-order chi connectivity index (χ0) is 30.2. The number of carbonyl (C=O) groups is 2. The highest BCUT2D eigenvalue weighted by atomic mass is 31.2. The van der Waals surface area contributed by atoms with Gasteiger partial charge in [-0.15, -0.1) is 0 Å². The minimum Gasteiger partial charge on any atom is -0.465 e. The molecule has 3 rings (SSSR count). The number of carbonyl (C=O) groups excluding carboxylic acids is 2. The number of ether oxygens (including phenoxy) is 3. The third-order valence-electron chi connectivity index (χ3n) is 6.33. The number of aliphatic hydroxyl groups excluding tert-OH is 1. The number of aliphatic hydroxyl groups is 1. The zero-order valence-electron chi connectivity index (χ0n) is 23.9. The van der Waals surface area contributed by atoms with Crippen molar-refractivity contribution in [2.24, 2.45) is 0 Å². The average Bonchev–Trinajstić information content (AvgIpc) is 3.50. The first kappa shape index (κ1) is 32.4. The first-order chi connectivity index (χ1) is 19.5. The van der Waals surface area contributed by atoms with E-state index in [2.05, 4.69) is 25.1 Å². The minimum absolute atomic E-state index is 0.0524. The molecule has 0 spiro atoms. The second-order valence-corrected chi connectivity index (χ2v) is 12.0. The molecule has 2 aromatic heterocycles. The number of nitrogens with two attached hydrogens (primary N) is 2. The highest BCUT2D eigenvalue weighted by Gasteiger charge is 2.37. The van der Waals surface area contributed by atoms with Crippen molar-refractivity contribution in [2.45, 2.75) is 90.3 Å². The van der Waals surface area contributed by atoms with Gasteiger partial charge in [-0.05, 0) is 32.8 Å². The molecule has 2 aromatic rings. The summed E-state index contributed by atoms with van der Waals surface area (Å²) in [6, 6.07) is -1.90. The molecule has 1 aliphatic rings. The van der Waals surface area contributed by atoms with Gasteiger partial charge in [-0.3, -0.25) is 18.7 Å². The van der Waals surface area contributed by atoms with Crippen molar-refractivity contribution < 1.29 is 33.5 Å². The van der Waals surface area contributed by atoms with Gasteiger partial charge in [0, 0.05) is 12.2 Å². The van der Waals surface area contributed by atoms with Gasteiger partial charge in [0.15, 0.2) is 17.7 Å². The van der Waals surface area contributed by atoms with E-state index in [9.17, 15) is 19.3 Å². The number of unbranched alkanes of at least 4 members (excludes halogenated alkanes) is 2. The summed E-state index contributed by atoms with van der Waals surface area (Å²) in [4.78, 5) is 37.2. The Bertz CT molecular complexity index is 1240. The normalized spacial score (nSPS) is 20.9. The average molecular weight is 597 g/mol. The topological polar surface area (TPSA) is 219 Å². The van der Waals surface area contributed by atoms with Crippen LogP contribution in [0.2, 0.25) is 0 Å². The summed E-state index contributed by atoms with van der Waals surface area (Å²) in [7, 11) is -3.74. The quantitative estimate of drug-likeness (QED) is 0.113. The number of hydrogen-bond donors (Lipinski definition) is 5. The Kier molecular flexibility index (Phi) is 11.6. The van der Waals surface area contributed by atoms with Crippen LogP contribution in [0, 0.1) is 0 Å². The Hall–Kier alpha value is -3.10. The number of fused-ring (bicyclic) bond motifs is 1. The molecule has 0 unspecified atom stereocenters. The number of nitrogens with one attached hydrogen (secondary N) is 2. The van der Waals surface area contributed by atoms with Crippen LogP contribution in [0.15, 0.2) is 18.2 Å². The van der Waals surface area contributed by atoms with E-state index in [-0.39, 0.29) is 31.4 Å². The maximum Gasteiger partial charge on any atom is 0.323 e. The Balaban J connectivity index is 1.77. The van der Waals surface area contributed by atoms with E-state index in [0.29, 0.717) is 24.0 Å². The largest absolute Gasteiger partial charge is 0.465 e. The predicted molar refractivity (Wildman–Crippen MR) is 152 cm³/mol. The number of imidazole rings is 1. The van der Waals surface area contributed by atoms with Gasteiger partial charge in [-0.25, -0.2) is 15.2 Å². The van der Waals surface area contributed by atoms with E-state index < -0.39 is 49.9 Å². The van der Waals surface area contributed by atoms with E-state index in [1.165, 1.54) is 36.6 Å². The van der Waals surface area contributed by atoms with Gasteiger partial charge in [0.1, 0.15) is 23.7 Å². The summed E-state index contributed by atoms with van der Waals surface area (Å²) < 4.78 is 32.0. The number of nitrogen functional groups attached to an aromatic ring is 2. The summed E-state index contributed by atoms with van der Waals surface area (Å²) >= 11 is 0.